The molecule has 4 heteroatoms. The number of aromatic nitrogens is 1. The van der Waals surface area contributed by atoms with Crippen LogP contribution in [0.2, 0.25) is 5.15 Å². The fraction of sp³-hybridized carbons (Fsp3) is 0.182. The molecule has 15 heavy (non-hydrogen) atoms. The molecular weight excluding hydrogens is 230 g/mol. The number of methoxy groups -OCH3 is 1. The van der Waals surface area contributed by atoms with Gasteiger partial charge in [-0.3, -0.25) is 0 Å². The summed E-state index contributed by atoms with van der Waals surface area (Å²) in [6, 6.07) is 7.90. The Morgan fingerprint density at radius 3 is 2.73 bits per heavy atom. The molecule has 0 radical (unpaired) electrons. The van der Waals surface area contributed by atoms with E-state index in [1.165, 1.54) is 17.1 Å². The fourth-order valence-electron chi connectivity index (χ4n) is 1.39. The molecule has 1 heterocycles. The molecule has 0 saturated heterocycles. The summed E-state index contributed by atoms with van der Waals surface area (Å²) in [5.41, 5.74) is 2.23. The van der Waals surface area contributed by atoms with E-state index in [4.69, 9.17) is 16.3 Å². The fourth-order valence-corrected chi connectivity index (χ4v) is 2.33. The Balaban J connectivity index is 2.55. The molecule has 0 aliphatic heterocycles. The maximum Gasteiger partial charge on any atom is 0.143 e. The van der Waals surface area contributed by atoms with Gasteiger partial charge in [-0.15, -0.1) is 0 Å². The lowest BCUT2D eigenvalue weighted by atomic mass is 10.1. The van der Waals surface area contributed by atoms with Gasteiger partial charge in [0.1, 0.15) is 10.9 Å². The van der Waals surface area contributed by atoms with Crippen LogP contribution >= 0.6 is 23.1 Å². The highest BCUT2D eigenvalue weighted by molar-refractivity contribution is 7.10. The van der Waals surface area contributed by atoms with Gasteiger partial charge in [-0.1, -0.05) is 23.2 Å². The van der Waals surface area contributed by atoms with Crippen LogP contribution in [-0.2, 0) is 0 Å². The minimum absolute atomic E-state index is 0.526. The van der Waals surface area contributed by atoms with Gasteiger partial charge in [0.05, 0.1) is 12.0 Å². The van der Waals surface area contributed by atoms with Crippen LogP contribution in [0.3, 0.4) is 0 Å². The van der Waals surface area contributed by atoms with Gasteiger partial charge in [-0.25, -0.2) is 0 Å². The molecule has 2 rings (SSSR count). The molecule has 0 bridgehead atoms. The number of hydrogen-bond donors (Lipinski definition) is 0. The van der Waals surface area contributed by atoms with Crippen LogP contribution in [0.4, 0.5) is 0 Å². The zero-order valence-electron chi connectivity index (χ0n) is 8.45. The van der Waals surface area contributed by atoms with Crippen molar-refractivity contribution in [2.45, 2.75) is 6.92 Å². The van der Waals surface area contributed by atoms with Crippen molar-refractivity contribution in [3.8, 4) is 16.2 Å². The molecule has 0 atom stereocenters. The van der Waals surface area contributed by atoms with E-state index in [-0.39, 0.29) is 0 Å². The Morgan fingerprint density at radius 2 is 2.13 bits per heavy atom. The summed E-state index contributed by atoms with van der Waals surface area (Å²) < 4.78 is 9.35. The smallest absolute Gasteiger partial charge is 0.143 e. The molecule has 0 unspecified atom stereocenters. The third kappa shape index (κ3) is 2.13. The summed E-state index contributed by atoms with van der Waals surface area (Å²) in [5.74, 6) is 0.848. The van der Waals surface area contributed by atoms with Crippen molar-refractivity contribution >= 4 is 23.1 Å². The molecule has 1 aromatic heterocycles. The highest BCUT2D eigenvalue weighted by Gasteiger charge is 2.09. The first-order chi connectivity index (χ1) is 7.20. The van der Waals surface area contributed by atoms with Crippen molar-refractivity contribution < 1.29 is 4.74 Å². The number of nitrogens with zero attached hydrogens (tertiary/aromatic N) is 1. The second kappa shape index (κ2) is 4.21. The average Bonchev–Trinajstić information content (AvgIpc) is 2.65. The Hall–Kier alpha value is -1.06. The lowest BCUT2D eigenvalue weighted by molar-refractivity contribution is 0.416. The maximum atomic E-state index is 5.80. The molecule has 78 valence electrons. The van der Waals surface area contributed by atoms with E-state index >= 15 is 0 Å². The summed E-state index contributed by atoms with van der Waals surface area (Å²) in [7, 11) is 1.66. The number of benzene rings is 1. The third-order valence-corrected chi connectivity index (χ3v) is 3.22. The van der Waals surface area contributed by atoms with Crippen LogP contribution in [0.15, 0.2) is 24.3 Å². The predicted octanol–water partition coefficient (Wildman–Crippen LogP) is 3.78. The van der Waals surface area contributed by atoms with Gasteiger partial charge in [-0.2, -0.15) is 4.37 Å². The van der Waals surface area contributed by atoms with E-state index < -0.39 is 0 Å². The molecule has 0 saturated carbocycles. The van der Waals surface area contributed by atoms with E-state index in [9.17, 15) is 0 Å². The molecule has 0 spiro atoms. The largest absolute Gasteiger partial charge is 0.496 e. The summed E-state index contributed by atoms with van der Waals surface area (Å²) in [5, 5.41) is 0.526. The summed E-state index contributed by atoms with van der Waals surface area (Å²) in [4.78, 5) is 1.03. The van der Waals surface area contributed by atoms with Crippen LogP contribution in [0, 0.1) is 6.92 Å². The van der Waals surface area contributed by atoms with Gasteiger partial charge in [0.15, 0.2) is 0 Å². The predicted molar refractivity (Wildman–Crippen MR) is 63.8 cm³/mol. The van der Waals surface area contributed by atoms with Crippen LogP contribution in [0.1, 0.15) is 5.56 Å². The van der Waals surface area contributed by atoms with Gasteiger partial charge in [0.2, 0.25) is 0 Å². The zero-order chi connectivity index (χ0) is 10.8. The highest BCUT2D eigenvalue weighted by atomic mass is 35.5. The van der Waals surface area contributed by atoms with Crippen LogP contribution in [0.25, 0.3) is 10.4 Å². The highest BCUT2D eigenvalue weighted by Crippen LogP contribution is 2.34. The summed E-state index contributed by atoms with van der Waals surface area (Å²) in [6.07, 6.45) is 0. The lowest BCUT2D eigenvalue weighted by Gasteiger charge is -2.06. The van der Waals surface area contributed by atoms with Crippen LogP contribution in [-0.4, -0.2) is 11.5 Å². The topological polar surface area (TPSA) is 22.1 Å². The van der Waals surface area contributed by atoms with Crippen molar-refractivity contribution in [3.05, 3.63) is 35.0 Å². The maximum absolute atomic E-state index is 5.80. The molecular formula is C11H10ClNOS. The summed E-state index contributed by atoms with van der Waals surface area (Å²) >= 11 is 7.18. The van der Waals surface area contributed by atoms with Gasteiger partial charge >= 0.3 is 0 Å². The van der Waals surface area contributed by atoms with Crippen molar-refractivity contribution in [3.63, 3.8) is 0 Å². The first-order valence-electron chi connectivity index (χ1n) is 4.48. The SMILES string of the molecule is COc1ccc(C)cc1-c1cc(Cl)ns1. The normalized spacial score (nSPS) is 10.3. The third-order valence-electron chi connectivity index (χ3n) is 2.10. The molecule has 0 N–H and O–H groups in total. The Labute approximate surface area is 97.6 Å². The van der Waals surface area contributed by atoms with E-state index in [2.05, 4.69) is 10.4 Å². The average molecular weight is 240 g/mol. The second-order valence-corrected chi connectivity index (χ2v) is 4.41. The number of halogens is 1. The number of ether oxygens (including phenoxy) is 1. The van der Waals surface area contributed by atoms with E-state index in [0.717, 1.165) is 16.2 Å². The van der Waals surface area contributed by atoms with Crippen LogP contribution in [0.5, 0.6) is 5.75 Å². The molecule has 0 aliphatic carbocycles. The standard InChI is InChI=1S/C11H10ClNOS/c1-7-3-4-9(14-2)8(5-7)10-6-11(12)13-15-10/h3-6H,1-2H3. The molecule has 1 aromatic carbocycles. The number of rotatable bonds is 2. The first-order valence-corrected chi connectivity index (χ1v) is 5.63. The van der Waals surface area contributed by atoms with Gasteiger partial charge < -0.3 is 4.74 Å². The monoisotopic (exact) mass is 239 g/mol. The Kier molecular flexibility index (Phi) is 2.93. The second-order valence-electron chi connectivity index (χ2n) is 3.22. The Bertz CT molecular complexity index is 481. The minimum Gasteiger partial charge on any atom is -0.496 e. The first kappa shape index (κ1) is 10.5. The van der Waals surface area contributed by atoms with E-state index in [1.54, 1.807) is 7.11 Å². The van der Waals surface area contributed by atoms with Gasteiger partial charge in [0.25, 0.3) is 0 Å². The molecule has 0 aliphatic rings. The Morgan fingerprint density at radius 1 is 1.33 bits per heavy atom. The van der Waals surface area contributed by atoms with Crippen molar-refractivity contribution in [2.24, 2.45) is 0 Å². The molecule has 0 fully saturated rings. The summed E-state index contributed by atoms with van der Waals surface area (Å²) in [6.45, 7) is 2.05. The van der Waals surface area contributed by atoms with Crippen molar-refractivity contribution in [1.82, 2.24) is 4.37 Å². The van der Waals surface area contributed by atoms with Crippen LogP contribution < -0.4 is 4.74 Å². The number of aryl methyl sites for hydroxylation is 1. The van der Waals surface area contributed by atoms with Gasteiger partial charge in [-0.05, 0) is 36.7 Å². The van der Waals surface area contributed by atoms with Gasteiger partial charge in [0, 0.05) is 5.56 Å². The number of hydrogen-bond acceptors (Lipinski definition) is 3. The van der Waals surface area contributed by atoms with Crippen molar-refractivity contribution in [1.29, 1.82) is 0 Å². The lowest BCUT2D eigenvalue weighted by Crippen LogP contribution is -1.86. The molecule has 0 amide bonds. The minimum atomic E-state index is 0.526. The molecule has 2 nitrogen and oxygen atoms in total. The zero-order valence-corrected chi connectivity index (χ0v) is 10.0. The van der Waals surface area contributed by atoms with Crippen molar-refractivity contribution in [2.75, 3.05) is 7.11 Å². The quantitative estimate of drug-likeness (QED) is 0.796. The molecule has 2 aromatic rings. The van der Waals surface area contributed by atoms with E-state index in [1.807, 2.05) is 25.1 Å². The van der Waals surface area contributed by atoms with E-state index in [0.29, 0.717) is 5.15 Å².